The maximum absolute atomic E-state index is 2.97. The predicted molar refractivity (Wildman–Crippen MR) is 282 cm³/mol. The van der Waals surface area contributed by atoms with E-state index in [2.05, 4.69) is 132 Å². The van der Waals surface area contributed by atoms with Crippen LogP contribution in [0, 0.1) is 29.1 Å². The van der Waals surface area contributed by atoms with Crippen LogP contribution in [0.3, 0.4) is 0 Å². The molecule has 1 aromatic rings. The third-order valence-electron chi connectivity index (χ3n) is 19.9. The van der Waals surface area contributed by atoms with Crippen LogP contribution in [0.2, 0.25) is 0 Å². The molecule has 14 rings (SSSR count). The van der Waals surface area contributed by atoms with Crippen molar-refractivity contribution >= 4 is 17.8 Å². The molecule has 0 radical (unpaired) electrons. The number of rotatable bonds is 5. The smallest absolute Gasteiger partial charge is 0.0577 e. The third kappa shape index (κ3) is 6.69. The molecule has 2 aliphatic heterocycles. The van der Waals surface area contributed by atoms with Gasteiger partial charge in [0.05, 0.1) is 18.1 Å². The molecule has 11 aliphatic carbocycles. The van der Waals surface area contributed by atoms with E-state index in [0.717, 1.165) is 12.8 Å². The molecule has 1 saturated heterocycles. The van der Waals surface area contributed by atoms with Crippen molar-refractivity contribution in [2.75, 3.05) is 0 Å². The quantitative estimate of drug-likeness (QED) is 0.273. The van der Waals surface area contributed by atoms with Gasteiger partial charge < -0.3 is 14.4 Å². The molecule has 0 N–H and O–H groups in total. The van der Waals surface area contributed by atoms with E-state index in [0.29, 0.717) is 47.8 Å². The highest BCUT2D eigenvalue weighted by Crippen LogP contribution is 2.56. The Bertz CT molecular complexity index is 2890. The van der Waals surface area contributed by atoms with Crippen molar-refractivity contribution in [1.82, 2.24) is 14.4 Å². The van der Waals surface area contributed by atoms with Crippen molar-refractivity contribution in [3.63, 3.8) is 0 Å². The molecular formula is C65H75N3. The van der Waals surface area contributed by atoms with Crippen molar-refractivity contribution in [2.45, 2.75) is 179 Å². The second-order valence-electron chi connectivity index (χ2n) is 23.8. The van der Waals surface area contributed by atoms with Crippen molar-refractivity contribution in [1.29, 1.82) is 0 Å². The van der Waals surface area contributed by atoms with Gasteiger partial charge in [-0.15, -0.1) is 0 Å². The first-order chi connectivity index (χ1) is 33.5. The Labute approximate surface area is 407 Å². The summed E-state index contributed by atoms with van der Waals surface area (Å²) in [6, 6.07) is 1.83. The zero-order valence-corrected chi connectivity index (χ0v) is 41.3. The Balaban J connectivity index is 0.839. The number of nitrogens with zero attached hydrogens (tertiary/aromatic N) is 3. The molecule has 3 heterocycles. The lowest BCUT2D eigenvalue weighted by molar-refractivity contribution is -0.00285. The summed E-state index contributed by atoms with van der Waals surface area (Å²) in [5.74, 6) is 1.76. The van der Waals surface area contributed by atoms with Gasteiger partial charge in [0.2, 0.25) is 0 Å². The van der Waals surface area contributed by atoms with Gasteiger partial charge in [0.25, 0.3) is 0 Å². The molecule has 3 heteroatoms. The Hall–Kier alpha value is -4.76. The maximum atomic E-state index is 2.97. The molecule has 0 saturated carbocycles. The van der Waals surface area contributed by atoms with Gasteiger partial charge in [-0.05, 0) is 208 Å². The summed E-state index contributed by atoms with van der Waals surface area (Å²) in [6.07, 6.45) is 72.1. The van der Waals surface area contributed by atoms with E-state index >= 15 is 0 Å². The summed E-state index contributed by atoms with van der Waals surface area (Å²) in [5, 5.41) is 3.10. The molecular weight excluding hydrogens is 823 g/mol. The number of allylic oxidation sites excluding steroid dienone is 18. The van der Waals surface area contributed by atoms with Crippen LogP contribution in [0.4, 0.5) is 0 Å². The van der Waals surface area contributed by atoms with Gasteiger partial charge in [-0.2, -0.15) is 0 Å². The fourth-order valence-electron chi connectivity index (χ4n) is 16.6. The Morgan fingerprint density at radius 1 is 0.559 bits per heavy atom. The average Bonchev–Trinajstić information content (AvgIpc) is 3.91. The maximum Gasteiger partial charge on any atom is 0.0577 e. The summed E-state index contributed by atoms with van der Waals surface area (Å²) < 4.78 is 2.76. The molecule has 0 aromatic carbocycles. The molecule has 1 fully saturated rings. The standard InChI is InChI=1S/C65H75N3/c1-65(2)57-40-45(43-27-33-61-55(38-43)53-21-11-13-23-59(53)66(61)48-16-5-3-6-17-48)29-35-63(57)68(50-31-32-52-47(37-50)26-25-42-15-9-10-20-51(42)52)64-36-30-46(41-58(64)65)44-28-34-62-56(39-44)54-22-12-14-24-60(54)67(62)49-18-7-4-8-19-49/h3,5,9,15,18,27,29-30,33-41,44,48,55,57-58,61,63-64H,4,6-8,10-14,16-17,19-26,28,31-32H2,1-2H3. The highest BCUT2D eigenvalue weighted by Gasteiger charge is 2.53. The fraction of sp³-hybridized carbons (Fsp3) is 0.508. The minimum absolute atomic E-state index is 0.0647. The van der Waals surface area contributed by atoms with E-state index in [1.807, 2.05) is 0 Å². The number of fused-ring (bicyclic) bond motifs is 8. The molecule has 0 spiro atoms. The summed E-state index contributed by atoms with van der Waals surface area (Å²) in [5.41, 5.74) is 21.2. The van der Waals surface area contributed by atoms with Crippen molar-refractivity contribution < 1.29 is 0 Å². The Kier molecular flexibility index (Phi) is 10.3. The van der Waals surface area contributed by atoms with Gasteiger partial charge in [0.1, 0.15) is 0 Å². The molecule has 1 aromatic heterocycles. The lowest BCUT2D eigenvalue weighted by atomic mass is 9.57. The number of piperidine rings is 1. The molecule has 8 atom stereocenters. The van der Waals surface area contributed by atoms with E-state index in [-0.39, 0.29) is 5.41 Å². The zero-order valence-electron chi connectivity index (χ0n) is 41.3. The van der Waals surface area contributed by atoms with Crippen molar-refractivity contribution in [3.8, 4) is 0 Å². The van der Waals surface area contributed by atoms with E-state index in [1.54, 1.807) is 67.0 Å². The normalized spacial score (nSPS) is 34.2. The van der Waals surface area contributed by atoms with Gasteiger partial charge in [0.15, 0.2) is 0 Å². The predicted octanol–water partition coefficient (Wildman–Crippen LogP) is 13.8. The Morgan fingerprint density at radius 3 is 2.24 bits per heavy atom. The number of hydrogen-bond acceptors (Lipinski definition) is 2. The summed E-state index contributed by atoms with van der Waals surface area (Å²) in [4.78, 5) is 5.89. The minimum Gasteiger partial charge on any atom is -0.364 e. The van der Waals surface area contributed by atoms with Crippen LogP contribution in [-0.4, -0.2) is 38.5 Å². The van der Waals surface area contributed by atoms with E-state index in [9.17, 15) is 0 Å². The van der Waals surface area contributed by atoms with Gasteiger partial charge in [-0.3, -0.25) is 0 Å². The average molecular weight is 898 g/mol. The van der Waals surface area contributed by atoms with E-state index in [1.165, 1.54) is 145 Å². The van der Waals surface area contributed by atoms with Crippen molar-refractivity contribution in [2.24, 2.45) is 29.1 Å². The van der Waals surface area contributed by atoms with Crippen LogP contribution >= 0.6 is 0 Å². The lowest BCUT2D eigenvalue weighted by Crippen LogP contribution is -2.61. The zero-order chi connectivity index (χ0) is 45.1. The second kappa shape index (κ2) is 16.7. The molecule has 8 unspecified atom stereocenters. The van der Waals surface area contributed by atoms with Crippen LogP contribution in [0.5, 0.6) is 0 Å². The van der Waals surface area contributed by atoms with Gasteiger partial charge in [-0.1, -0.05) is 111 Å². The highest BCUT2D eigenvalue weighted by atomic mass is 15.2. The summed E-state index contributed by atoms with van der Waals surface area (Å²) >= 11 is 0. The van der Waals surface area contributed by atoms with Gasteiger partial charge in [-0.25, -0.2) is 0 Å². The van der Waals surface area contributed by atoms with E-state index < -0.39 is 0 Å². The molecule has 13 aliphatic rings. The number of likely N-dealkylation sites (tertiary alicyclic amines) is 1. The lowest BCUT2D eigenvalue weighted by Gasteiger charge is -2.59. The van der Waals surface area contributed by atoms with Crippen LogP contribution in [0.25, 0.3) is 17.8 Å². The molecule has 0 bridgehead atoms. The number of hydrogen-bond donors (Lipinski definition) is 0. The highest BCUT2D eigenvalue weighted by molar-refractivity contribution is 5.60. The first kappa shape index (κ1) is 42.1. The molecule has 68 heavy (non-hydrogen) atoms. The fourth-order valence-corrected chi connectivity index (χ4v) is 16.6. The van der Waals surface area contributed by atoms with Crippen LogP contribution in [-0.2, 0) is 12.8 Å². The molecule has 3 nitrogen and oxygen atoms in total. The third-order valence-corrected chi connectivity index (χ3v) is 19.9. The summed E-state index contributed by atoms with van der Waals surface area (Å²) in [7, 11) is 0. The number of aromatic nitrogens is 1. The minimum atomic E-state index is 0.0647. The second-order valence-corrected chi connectivity index (χ2v) is 23.8. The van der Waals surface area contributed by atoms with Crippen molar-refractivity contribution in [3.05, 3.63) is 169 Å². The summed E-state index contributed by atoms with van der Waals surface area (Å²) in [6.45, 7) is 5.30. The van der Waals surface area contributed by atoms with Crippen LogP contribution in [0.15, 0.2) is 147 Å². The largest absolute Gasteiger partial charge is 0.364 e. The SMILES string of the molecule is CC1(C)C2C=C(C3=CC4C5=C(CCCC5)N(C5CC=CCC5)C4C=C3)C=CC2N(C2=CC3=C(CC2)C2=C(C=CCC2)CC3)C2C=CC(C3C=c4c5c(n(C6=CCCCC6)c4=CC3)CCCC5)=CC21. The molecule has 350 valence electrons. The first-order valence-electron chi connectivity index (χ1n) is 28.1. The van der Waals surface area contributed by atoms with Crippen LogP contribution in [0.1, 0.15) is 154 Å². The van der Waals surface area contributed by atoms with Gasteiger partial charge >= 0.3 is 0 Å². The molecule has 0 amide bonds. The first-order valence-corrected chi connectivity index (χ1v) is 28.1. The Morgan fingerprint density at radius 2 is 1.35 bits per heavy atom. The van der Waals surface area contributed by atoms with E-state index in [4.69, 9.17) is 0 Å². The monoisotopic (exact) mass is 898 g/mol. The van der Waals surface area contributed by atoms with Crippen LogP contribution < -0.4 is 10.6 Å². The van der Waals surface area contributed by atoms with Gasteiger partial charge in [0, 0.05) is 57.8 Å². The topological polar surface area (TPSA) is 11.4 Å².